The van der Waals surface area contributed by atoms with Crippen LogP contribution in [0.2, 0.25) is 10.0 Å². The summed E-state index contributed by atoms with van der Waals surface area (Å²) in [6.07, 6.45) is 0.446. The predicted octanol–water partition coefficient (Wildman–Crippen LogP) is 3.19. The number of nitrogens with one attached hydrogen (secondary N) is 2. The van der Waals surface area contributed by atoms with Gasteiger partial charge in [0.15, 0.2) is 12.7 Å². The molecule has 0 aliphatic rings. The number of rotatable bonds is 8. The van der Waals surface area contributed by atoms with Crippen molar-refractivity contribution in [2.45, 2.75) is 18.9 Å². The molecule has 0 fully saturated rings. The number of nitriles is 1. The molecular formula is C22H17Cl2F2N5O3. The lowest BCUT2D eigenvalue weighted by atomic mass is 10.1. The van der Waals surface area contributed by atoms with Gasteiger partial charge in [0.1, 0.15) is 11.8 Å². The molecule has 34 heavy (non-hydrogen) atoms. The van der Waals surface area contributed by atoms with E-state index in [1.165, 1.54) is 18.2 Å². The predicted molar refractivity (Wildman–Crippen MR) is 120 cm³/mol. The van der Waals surface area contributed by atoms with Gasteiger partial charge in [0.05, 0.1) is 12.0 Å². The van der Waals surface area contributed by atoms with Crippen LogP contribution in [0.15, 0.2) is 54.7 Å². The molecule has 1 aromatic carbocycles. The molecule has 0 atom stereocenters. The third-order valence-electron chi connectivity index (χ3n) is 4.81. The third-order valence-corrected chi connectivity index (χ3v) is 5.41. The molecule has 0 aliphatic heterocycles. The Morgan fingerprint density at radius 2 is 1.91 bits per heavy atom. The minimum atomic E-state index is -3.60. The molecule has 0 radical (unpaired) electrons. The van der Waals surface area contributed by atoms with Crippen molar-refractivity contribution < 1.29 is 23.0 Å². The van der Waals surface area contributed by atoms with Crippen molar-refractivity contribution in [3.8, 4) is 6.07 Å². The first-order valence-electron chi connectivity index (χ1n) is 9.79. The largest absolute Gasteiger partial charge is 0.710 e. The summed E-state index contributed by atoms with van der Waals surface area (Å²) >= 11 is 12.0. The van der Waals surface area contributed by atoms with E-state index < -0.39 is 30.5 Å². The van der Waals surface area contributed by atoms with E-state index in [4.69, 9.17) is 23.2 Å². The van der Waals surface area contributed by atoms with Crippen LogP contribution >= 0.6 is 23.2 Å². The Hall–Kier alpha value is -3.68. The lowest BCUT2D eigenvalue weighted by Crippen LogP contribution is -2.43. The summed E-state index contributed by atoms with van der Waals surface area (Å²) in [7, 11) is 0. The van der Waals surface area contributed by atoms with Crippen LogP contribution in [-0.2, 0) is 23.7 Å². The fourth-order valence-corrected chi connectivity index (χ4v) is 3.45. The molecule has 3 rings (SSSR count). The van der Waals surface area contributed by atoms with E-state index in [0.29, 0.717) is 15.6 Å². The molecule has 2 N–H and O–H groups in total. The number of halogens is 4. The first-order chi connectivity index (χ1) is 16.1. The number of hydrogen-bond donors (Lipinski definition) is 2. The number of pyridine rings is 2. The normalized spacial score (nSPS) is 11.0. The number of carbonyl (C=O) groups excluding carboxylic acids is 1. The Balaban J connectivity index is 1.74. The fourth-order valence-electron chi connectivity index (χ4n) is 3.07. The van der Waals surface area contributed by atoms with E-state index >= 15 is 0 Å². The second-order valence-corrected chi connectivity index (χ2v) is 7.99. The maximum atomic E-state index is 14.5. The molecule has 0 unspecified atom stereocenters. The average molecular weight is 508 g/mol. The SMILES string of the molecule is N#Cc1ccc(NCC(F)(F)c2cccc[n+]2[O-])[n+]([O-])c1CC(=O)NCc1cc(Cl)ccc1Cl. The molecule has 0 saturated carbocycles. The van der Waals surface area contributed by atoms with Crippen LogP contribution in [0.1, 0.15) is 22.5 Å². The van der Waals surface area contributed by atoms with Gasteiger partial charge in [0.2, 0.25) is 5.91 Å². The van der Waals surface area contributed by atoms with Crippen LogP contribution < -0.4 is 20.1 Å². The molecule has 0 spiro atoms. The summed E-state index contributed by atoms with van der Waals surface area (Å²) in [5.41, 5.74) is -0.576. The number of alkyl halides is 2. The van der Waals surface area contributed by atoms with Crippen molar-refractivity contribution in [3.63, 3.8) is 0 Å². The summed E-state index contributed by atoms with van der Waals surface area (Å²) in [4.78, 5) is 12.4. The molecule has 12 heteroatoms. The van der Waals surface area contributed by atoms with Crippen molar-refractivity contribution in [2.24, 2.45) is 0 Å². The molecule has 2 aromatic heterocycles. The minimum absolute atomic E-state index is 0.0232. The Morgan fingerprint density at radius 1 is 1.15 bits per heavy atom. The van der Waals surface area contributed by atoms with Gasteiger partial charge in [-0.3, -0.25) is 10.1 Å². The van der Waals surface area contributed by atoms with Gasteiger partial charge in [-0.2, -0.15) is 18.8 Å². The van der Waals surface area contributed by atoms with Gasteiger partial charge in [-0.15, -0.1) is 0 Å². The van der Waals surface area contributed by atoms with E-state index in [2.05, 4.69) is 10.6 Å². The van der Waals surface area contributed by atoms with Gasteiger partial charge < -0.3 is 15.7 Å². The van der Waals surface area contributed by atoms with Crippen molar-refractivity contribution >= 4 is 34.9 Å². The topological polar surface area (TPSA) is 119 Å². The zero-order valence-electron chi connectivity index (χ0n) is 17.4. The van der Waals surface area contributed by atoms with Gasteiger partial charge in [-0.1, -0.05) is 23.2 Å². The molecular weight excluding hydrogens is 491 g/mol. The Kier molecular flexibility index (Phi) is 7.71. The maximum absolute atomic E-state index is 14.5. The van der Waals surface area contributed by atoms with Crippen LogP contribution in [0.4, 0.5) is 14.6 Å². The van der Waals surface area contributed by atoms with Gasteiger partial charge in [-0.05, 0) is 35.9 Å². The van der Waals surface area contributed by atoms with Gasteiger partial charge in [-0.25, -0.2) is 4.73 Å². The summed E-state index contributed by atoms with van der Waals surface area (Å²) in [6, 6.07) is 12.5. The van der Waals surface area contributed by atoms with Crippen LogP contribution in [0.3, 0.4) is 0 Å². The minimum Gasteiger partial charge on any atom is -0.710 e. The van der Waals surface area contributed by atoms with E-state index in [1.54, 1.807) is 24.3 Å². The smallest absolute Gasteiger partial charge is 0.367 e. The third kappa shape index (κ3) is 5.81. The van der Waals surface area contributed by atoms with E-state index in [0.717, 1.165) is 18.3 Å². The fraction of sp³-hybridized carbons (Fsp3) is 0.182. The first-order valence-corrected chi connectivity index (χ1v) is 10.5. The van der Waals surface area contributed by atoms with Crippen molar-refractivity contribution in [1.82, 2.24) is 5.32 Å². The number of carbonyl (C=O) groups is 1. The van der Waals surface area contributed by atoms with Crippen molar-refractivity contribution in [1.29, 1.82) is 5.26 Å². The molecule has 3 aromatic rings. The zero-order valence-corrected chi connectivity index (χ0v) is 18.9. The average Bonchev–Trinajstić information content (AvgIpc) is 2.80. The lowest BCUT2D eigenvalue weighted by molar-refractivity contribution is -0.624. The van der Waals surface area contributed by atoms with Crippen LogP contribution in [0, 0.1) is 21.7 Å². The first kappa shape index (κ1) is 25.0. The summed E-state index contributed by atoms with van der Waals surface area (Å²) < 4.78 is 29.2. The Bertz CT molecular complexity index is 1270. The highest BCUT2D eigenvalue weighted by molar-refractivity contribution is 6.33. The number of aromatic nitrogens is 2. The molecule has 8 nitrogen and oxygen atoms in total. The van der Waals surface area contributed by atoms with Gasteiger partial charge >= 0.3 is 5.92 Å². The van der Waals surface area contributed by atoms with Gasteiger partial charge in [0, 0.05) is 34.8 Å². The van der Waals surface area contributed by atoms with Crippen LogP contribution in [0.25, 0.3) is 0 Å². The summed E-state index contributed by atoms with van der Waals surface area (Å²) in [6.45, 7) is -1.04. The Labute approximate surface area is 203 Å². The second-order valence-electron chi connectivity index (χ2n) is 7.14. The lowest BCUT2D eigenvalue weighted by Gasteiger charge is -2.18. The molecule has 0 bridgehead atoms. The quantitative estimate of drug-likeness (QED) is 0.358. The van der Waals surface area contributed by atoms with E-state index in [-0.39, 0.29) is 33.1 Å². The van der Waals surface area contributed by atoms with Crippen molar-refractivity contribution in [2.75, 3.05) is 11.9 Å². The second kappa shape index (κ2) is 10.5. The number of amides is 1. The highest BCUT2D eigenvalue weighted by Crippen LogP contribution is 2.25. The van der Waals surface area contributed by atoms with E-state index in [1.807, 2.05) is 0 Å². The van der Waals surface area contributed by atoms with Crippen LogP contribution in [-0.4, -0.2) is 12.5 Å². The van der Waals surface area contributed by atoms with Crippen molar-refractivity contribution in [3.05, 3.63) is 97.7 Å². The number of nitrogens with zero attached hydrogens (tertiary/aromatic N) is 3. The molecule has 0 saturated heterocycles. The molecule has 1 amide bonds. The highest BCUT2D eigenvalue weighted by Gasteiger charge is 2.41. The molecule has 176 valence electrons. The van der Waals surface area contributed by atoms with Gasteiger partial charge in [0.25, 0.3) is 11.5 Å². The highest BCUT2D eigenvalue weighted by atomic mass is 35.5. The molecule has 2 heterocycles. The number of hydrogen-bond acceptors (Lipinski definition) is 5. The maximum Gasteiger partial charge on any atom is 0.367 e. The number of benzene rings is 1. The van der Waals surface area contributed by atoms with E-state index in [9.17, 15) is 29.3 Å². The standard InChI is InChI=1S/C22H17Cl2F2N5O3/c23-16-5-6-17(24)15(9-16)12-28-21(32)10-18-14(11-27)4-7-20(31(18)34)29-13-22(25,26)19-3-1-2-8-30(19)33/h1-9,29H,10,12-13H2,(H,28,32). The molecule has 0 aliphatic carbocycles. The zero-order chi connectivity index (χ0) is 24.9. The summed E-state index contributed by atoms with van der Waals surface area (Å²) in [5.74, 6) is -4.51. The number of anilines is 1. The monoisotopic (exact) mass is 507 g/mol. The summed E-state index contributed by atoms with van der Waals surface area (Å²) in [5, 5.41) is 39.4. The van der Waals surface area contributed by atoms with Crippen LogP contribution in [0.5, 0.6) is 0 Å². The Morgan fingerprint density at radius 3 is 2.62 bits per heavy atom.